The van der Waals surface area contributed by atoms with Crippen molar-refractivity contribution in [3.63, 3.8) is 0 Å². The molecule has 20 heavy (non-hydrogen) atoms. The largest absolute Gasteiger partial charge is 0.360 e. The van der Waals surface area contributed by atoms with E-state index >= 15 is 0 Å². The number of anilines is 1. The summed E-state index contributed by atoms with van der Waals surface area (Å²) >= 11 is 1.53. The number of hydrogen-bond donors (Lipinski definition) is 1. The van der Waals surface area contributed by atoms with Crippen LogP contribution in [0.4, 0.5) is 11.5 Å². The van der Waals surface area contributed by atoms with Crippen LogP contribution in [0, 0.1) is 17.0 Å². The molecule has 2 aromatic rings. The van der Waals surface area contributed by atoms with Crippen LogP contribution in [0.5, 0.6) is 0 Å². The van der Waals surface area contributed by atoms with Gasteiger partial charge in [0.05, 0.1) is 22.7 Å². The maximum atomic E-state index is 11.3. The van der Waals surface area contributed by atoms with Gasteiger partial charge in [-0.25, -0.2) is 9.67 Å². The highest BCUT2D eigenvalue weighted by atomic mass is 32.1. The molecule has 0 fully saturated rings. The monoisotopic (exact) mass is 295 g/mol. The van der Waals surface area contributed by atoms with Crippen LogP contribution in [0.3, 0.4) is 0 Å². The molecule has 2 aromatic heterocycles. The van der Waals surface area contributed by atoms with Crippen molar-refractivity contribution in [1.82, 2.24) is 14.8 Å². The lowest BCUT2D eigenvalue weighted by molar-refractivity contribution is -0.384. The summed E-state index contributed by atoms with van der Waals surface area (Å²) < 4.78 is 1.53. The van der Waals surface area contributed by atoms with Crippen molar-refractivity contribution in [2.24, 2.45) is 7.05 Å². The van der Waals surface area contributed by atoms with E-state index in [1.54, 1.807) is 12.6 Å². The molecule has 1 N–H and O–H groups in total. The second-order valence-electron chi connectivity index (χ2n) is 4.83. The molecule has 2 heterocycles. The van der Waals surface area contributed by atoms with Gasteiger partial charge in [0, 0.05) is 17.8 Å². The zero-order valence-corrected chi connectivity index (χ0v) is 12.7. The Kier molecular flexibility index (Phi) is 4.03. The lowest BCUT2D eigenvalue weighted by Gasteiger charge is -2.05. The van der Waals surface area contributed by atoms with E-state index < -0.39 is 0 Å². The van der Waals surface area contributed by atoms with Crippen LogP contribution in [0.15, 0.2) is 5.51 Å². The van der Waals surface area contributed by atoms with Gasteiger partial charge in [0.25, 0.3) is 0 Å². The van der Waals surface area contributed by atoms with E-state index in [1.165, 1.54) is 16.0 Å². The highest BCUT2D eigenvalue weighted by Gasteiger charge is 2.28. The van der Waals surface area contributed by atoms with Gasteiger partial charge in [-0.15, -0.1) is 11.3 Å². The Morgan fingerprint density at radius 2 is 2.25 bits per heavy atom. The third-order valence-corrected chi connectivity index (χ3v) is 3.97. The van der Waals surface area contributed by atoms with Gasteiger partial charge in [0.15, 0.2) is 0 Å². The molecular weight excluding hydrogens is 278 g/mol. The fourth-order valence-electron chi connectivity index (χ4n) is 1.96. The number of thiazole rings is 1. The predicted octanol–water partition coefficient (Wildman–Crippen LogP) is 2.83. The Morgan fingerprint density at radius 3 is 2.75 bits per heavy atom. The van der Waals surface area contributed by atoms with Crippen molar-refractivity contribution in [1.29, 1.82) is 0 Å². The summed E-state index contributed by atoms with van der Waals surface area (Å²) in [6.07, 6.45) is 0. The highest BCUT2D eigenvalue weighted by Crippen LogP contribution is 2.33. The van der Waals surface area contributed by atoms with E-state index in [0.717, 1.165) is 10.6 Å². The summed E-state index contributed by atoms with van der Waals surface area (Å²) in [4.78, 5) is 16.1. The molecular formula is C12H17N5O2S. The molecule has 0 aliphatic carbocycles. The van der Waals surface area contributed by atoms with Gasteiger partial charge in [0.1, 0.15) is 5.69 Å². The fraction of sp³-hybridized carbons (Fsp3) is 0.500. The third kappa shape index (κ3) is 2.64. The number of hydrogen-bond acceptors (Lipinski definition) is 6. The number of rotatable bonds is 5. The summed E-state index contributed by atoms with van der Waals surface area (Å²) in [6, 6.07) is 0. The van der Waals surface area contributed by atoms with Crippen LogP contribution in [-0.4, -0.2) is 19.7 Å². The Balaban J connectivity index is 2.31. The quantitative estimate of drug-likeness (QED) is 0.677. The molecule has 8 heteroatoms. The zero-order valence-electron chi connectivity index (χ0n) is 11.9. The van der Waals surface area contributed by atoms with Gasteiger partial charge in [-0.05, 0) is 6.92 Å². The van der Waals surface area contributed by atoms with E-state index in [2.05, 4.69) is 15.4 Å². The fourth-order valence-corrected chi connectivity index (χ4v) is 2.68. The highest BCUT2D eigenvalue weighted by molar-refractivity contribution is 7.09. The Hall–Kier alpha value is -1.96. The number of nitro groups is 1. The molecule has 0 aliphatic rings. The molecule has 2 rings (SSSR count). The van der Waals surface area contributed by atoms with E-state index in [1.807, 2.05) is 20.8 Å². The first-order chi connectivity index (χ1) is 9.41. The third-order valence-electron chi connectivity index (χ3n) is 3.04. The predicted molar refractivity (Wildman–Crippen MR) is 78.1 cm³/mol. The normalized spacial score (nSPS) is 11.1. The number of aryl methyl sites for hydroxylation is 2. The average Bonchev–Trinajstić information content (AvgIpc) is 2.90. The smallest absolute Gasteiger partial charge is 0.334 e. The van der Waals surface area contributed by atoms with Crippen LogP contribution >= 0.6 is 11.3 Å². The summed E-state index contributed by atoms with van der Waals surface area (Å²) in [7, 11) is 1.71. The van der Waals surface area contributed by atoms with E-state index in [-0.39, 0.29) is 16.5 Å². The second-order valence-corrected chi connectivity index (χ2v) is 5.77. The second kappa shape index (κ2) is 5.58. The lowest BCUT2D eigenvalue weighted by atomic mass is 10.1. The molecule has 0 spiro atoms. The van der Waals surface area contributed by atoms with Crippen LogP contribution < -0.4 is 5.32 Å². The first kappa shape index (κ1) is 14.4. The van der Waals surface area contributed by atoms with Gasteiger partial charge in [-0.1, -0.05) is 13.8 Å². The van der Waals surface area contributed by atoms with Crippen LogP contribution in [0.2, 0.25) is 0 Å². The first-order valence-corrected chi connectivity index (χ1v) is 7.13. The summed E-state index contributed by atoms with van der Waals surface area (Å²) in [5.41, 5.74) is 3.27. The zero-order chi connectivity index (χ0) is 14.9. The molecule has 108 valence electrons. The number of nitrogens with zero attached hydrogens (tertiary/aromatic N) is 4. The van der Waals surface area contributed by atoms with E-state index in [0.29, 0.717) is 18.1 Å². The standard InChI is InChI=1S/C12H17N5O2S/c1-7(2)10-11(17(18)19)12(16(4)15-10)13-5-9-8(3)14-6-20-9/h6-7,13H,5H2,1-4H3. The Labute approximate surface area is 120 Å². The lowest BCUT2D eigenvalue weighted by Crippen LogP contribution is -2.06. The van der Waals surface area contributed by atoms with Crippen LogP contribution in [-0.2, 0) is 13.6 Å². The molecule has 0 aromatic carbocycles. The number of nitrogens with one attached hydrogen (secondary N) is 1. The van der Waals surface area contributed by atoms with E-state index in [4.69, 9.17) is 0 Å². The molecule has 7 nitrogen and oxygen atoms in total. The van der Waals surface area contributed by atoms with Gasteiger partial charge < -0.3 is 5.32 Å². The molecule has 0 atom stereocenters. The molecule has 0 aliphatic heterocycles. The van der Waals surface area contributed by atoms with Crippen molar-refractivity contribution >= 4 is 22.8 Å². The van der Waals surface area contributed by atoms with Crippen molar-refractivity contribution in [2.45, 2.75) is 33.2 Å². The molecule has 0 amide bonds. The van der Waals surface area contributed by atoms with Crippen molar-refractivity contribution in [3.8, 4) is 0 Å². The van der Waals surface area contributed by atoms with Crippen LogP contribution in [0.1, 0.15) is 36.0 Å². The minimum Gasteiger partial charge on any atom is -0.360 e. The van der Waals surface area contributed by atoms with Crippen molar-refractivity contribution in [2.75, 3.05) is 5.32 Å². The maximum absolute atomic E-state index is 11.3. The van der Waals surface area contributed by atoms with Crippen molar-refractivity contribution in [3.05, 3.63) is 31.9 Å². The summed E-state index contributed by atoms with van der Waals surface area (Å²) in [5.74, 6) is 0.439. The molecule has 0 saturated heterocycles. The van der Waals surface area contributed by atoms with Gasteiger partial charge in [-0.2, -0.15) is 5.10 Å². The molecule has 0 bridgehead atoms. The Morgan fingerprint density at radius 1 is 1.55 bits per heavy atom. The molecule has 0 saturated carbocycles. The maximum Gasteiger partial charge on any atom is 0.334 e. The van der Waals surface area contributed by atoms with Gasteiger partial charge in [-0.3, -0.25) is 10.1 Å². The van der Waals surface area contributed by atoms with Crippen LogP contribution in [0.25, 0.3) is 0 Å². The van der Waals surface area contributed by atoms with Gasteiger partial charge in [0.2, 0.25) is 5.82 Å². The molecule has 0 unspecified atom stereocenters. The number of aromatic nitrogens is 3. The van der Waals surface area contributed by atoms with Crippen molar-refractivity contribution < 1.29 is 4.92 Å². The SMILES string of the molecule is Cc1ncsc1CNc1c([N+](=O)[O-])c(C(C)C)nn1C. The minimum absolute atomic E-state index is 0.00212. The molecule has 0 radical (unpaired) electrons. The van der Waals surface area contributed by atoms with Gasteiger partial charge >= 0.3 is 5.69 Å². The average molecular weight is 295 g/mol. The Bertz CT molecular complexity index is 632. The topological polar surface area (TPSA) is 85.9 Å². The van der Waals surface area contributed by atoms with E-state index in [9.17, 15) is 10.1 Å². The summed E-state index contributed by atoms with van der Waals surface area (Å²) in [5, 5.41) is 18.7. The summed E-state index contributed by atoms with van der Waals surface area (Å²) in [6.45, 7) is 6.22. The minimum atomic E-state index is -0.371. The first-order valence-electron chi connectivity index (χ1n) is 6.26.